The molecule has 0 bridgehead atoms. The lowest BCUT2D eigenvalue weighted by molar-refractivity contribution is -0.145. The lowest BCUT2D eigenvalue weighted by atomic mass is 9.63. The molecule has 0 aromatic carbocycles. The summed E-state index contributed by atoms with van der Waals surface area (Å²) < 4.78 is 0. The van der Waals surface area contributed by atoms with E-state index in [1.165, 1.54) is 0 Å². The Bertz CT molecular complexity index is 1290. The SMILES string of the molecule is CC(C=CC1C(C)C(=O)C(=O)CC1(C)C)=C/C=C/C(C)=C/C=C/C=C(C)/C=C/C=C(\C)C=CC1C(C)C(=O)C(=O)CC1(C)C. The molecule has 4 unspecified atom stereocenters. The molecule has 0 spiro atoms. The minimum atomic E-state index is -0.287. The van der Waals surface area contributed by atoms with Crippen LogP contribution < -0.4 is 0 Å². The van der Waals surface area contributed by atoms with Gasteiger partial charge in [0, 0.05) is 24.7 Å². The molecule has 2 aliphatic rings. The van der Waals surface area contributed by atoms with Crippen LogP contribution in [0.1, 0.15) is 82.1 Å². The van der Waals surface area contributed by atoms with Gasteiger partial charge in [-0.15, -0.1) is 0 Å². The van der Waals surface area contributed by atoms with Gasteiger partial charge in [-0.3, -0.25) is 19.2 Å². The molecule has 2 fully saturated rings. The van der Waals surface area contributed by atoms with E-state index in [-0.39, 0.29) is 57.6 Å². The van der Waals surface area contributed by atoms with Crippen molar-refractivity contribution in [1.29, 1.82) is 0 Å². The zero-order chi connectivity index (χ0) is 33.2. The number of ketones is 4. The van der Waals surface area contributed by atoms with Gasteiger partial charge in [-0.2, -0.15) is 0 Å². The summed E-state index contributed by atoms with van der Waals surface area (Å²) in [5, 5.41) is 0. The van der Waals surface area contributed by atoms with E-state index < -0.39 is 0 Å². The zero-order valence-electron chi connectivity index (χ0n) is 28.4. The van der Waals surface area contributed by atoms with Crippen molar-refractivity contribution in [2.75, 3.05) is 0 Å². The minimum Gasteiger partial charge on any atom is -0.291 e. The topological polar surface area (TPSA) is 68.3 Å². The smallest absolute Gasteiger partial charge is 0.201 e. The first-order valence-corrected chi connectivity index (χ1v) is 15.7. The monoisotopic (exact) mass is 596 g/mol. The van der Waals surface area contributed by atoms with Crippen molar-refractivity contribution in [1.82, 2.24) is 0 Å². The summed E-state index contributed by atoms with van der Waals surface area (Å²) in [4.78, 5) is 48.3. The second-order valence-electron chi connectivity index (χ2n) is 14.0. The quantitative estimate of drug-likeness (QED) is 0.186. The summed E-state index contributed by atoms with van der Waals surface area (Å²) in [7, 11) is 0. The van der Waals surface area contributed by atoms with E-state index in [4.69, 9.17) is 0 Å². The molecule has 2 rings (SSSR count). The van der Waals surface area contributed by atoms with Crippen LogP contribution in [0, 0.1) is 34.5 Å². The van der Waals surface area contributed by atoms with Crippen LogP contribution in [0.15, 0.2) is 107 Å². The summed E-state index contributed by atoms with van der Waals surface area (Å²) in [6, 6.07) is 0. The summed E-state index contributed by atoms with van der Waals surface area (Å²) >= 11 is 0. The second kappa shape index (κ2) is 15.9. The summed E-state index contributed by atoms with van der Waals surface area (Å²) in [5.74, 6) is -1.48. The third kappa shape index (κ3) is 10.5. The van der Waals surface area contributed by atoms with Gasteiger partial charge in [-0.25, -0.2) is 0 Å². The molecular formula is C40H52O4. The van der Waals surface area contributed by atoms with Crippen LogP contribution in [0.3, 0.4) is 0 Å². The van der Waals surface area contributed by atoms with Crippen LogP contribution in [0.2, 0.25) is 0 Å². The Balaban J connectivity index is 1.91. The third-order valence-corrected chi connectivity index (χ3v) is 8.89. The molecule has 0 heterocycles. The Kier molecular flexibility index (Phi) is 13.2. The predicted molar refractivity (Wildman–Crippen MR) is 183 cm³/mol. The van der Waals surface area contributed by atoms with E-state index in [0.29, 0.717) is 12.8 Å². The van der Waals surface area contributed by atoms with Gasteiger partial charge in [-0.1, -0.05) is 149 Å². The van der Waals surface area contributed by atoms with E-state index in [9.17, 15) is 19.2 Å². The molecular weight excluding hydrogens is 544 g/mol. The number of Topliss-reactive ketones (excluding diaryl/α,β-unsaturated/α-hetero) is 4. The molecule has 2 aliphatic carbocycles. The molecule has 4 atom stereocenters. The zero-order valence-corrected chi connectivity index (χ0v) is 28.4. The number of allylic oxidation sites excluding steroid dienone is 18. The van der Waals surface area contributed by atoms with Crippen molar-refractivity contribution in [3.63, 3.8) is 0 Å². The molecule has 236 valence electrons. The number of rotatable bonds is 10. The highest BCUT2D eigenvalue weighted by Gasteiger charge is 2.45. The highest BCUT2D eigenvalue weighted by molar-refractivity contribution is 6.39. The van der Waals surface area contributed by atoms with E-state index in [1.54, 1.807) is 0 Å². The number of hydrogen-bond acceptors (Lipinski definition) is 4. The molecule has 0 N–H and O–H groups in total. The number of carbonyl (C=O) groups excluding carboxylic acids is 4. The Labute approximate surface area is 265 Å². The minimum absolute atomic E-state index is 0.0416. The van der Waals surface area contributed by atoms with Crippen LogP contribution >= 0.6 is 0 Å². The van der Waals surface area contributed by atoms with Crippen molar-refractivity contribution in [3.05, 3.63) is 107 Å². The maximum atomic E-state index is 12.2. The standard InChI is InChI=1S/C40H52O4/c1-27(17-13-19-29(3)21-23-33-31(5)37(43)35(41)25-39(33,7)8)15-11-12-16-28(2)18-14-20-30(4)22-24-34-32(6)38(44)36(42)26-40(34,9)10/h11-24,31-34H,25-26H2,1-10H3/b12-11+,17-13+,18-14+,23-21?,24-22?,27-15+,28-16+,29-19+,30-20?. The third-order valence-electron chi connectivity index (χ3n) is 8.89. The Morgan fingerprint density at radius 2 is 0.818 bits per heavy atom. The van der Waals surface area contributed by atoms with Crippen LogP contribution in [0.25, 0.3) is 0 Å². The van der Waals surface area contributed by atoms with Gasteiger partial charge in [0.2, 0.25) is 11.6 Å². The molecule has 4 nitrogen and oxygen atoms in total. The fourth-order valence-electron chi connectivity index (χ4n) is 6.13. The van der Waals surface area contributed by atoms with E-state index in [1.807, 2.05) is 76.3 Å². The molecule has 0 aromatic rings. The predicted octanol–water partition coefficient (Wildman–Crippen LogP) is 9.19. The van der Waals surface area contributed by atoms with Crippen LogP contribution in [-0.4, -0.2) is 23.1 Å². The highest BCUT2D eigenvalue weighted by atomic mass is 16.2. The Morgan fingerprint density at radius 3 is 1.16 bits per heavy atom. The fourth-order valence-corrected chi connectivity index (χ4v) is 6.13. The number of hydrogen-bond donors (Lipinski definition) is 0. The van der Waals surface area contributed by atoms with E-state index >= 15 is 0 Å². The van der Waals surface area contributed by atoms with Crippen LogP contribution in [0.5, 0.6) is 0 Å². The van der Waals surface area contributed by atoms with Gasteiger partial charge in [-0.05, 0) is 50.4 Å². The normalized spacial score (nSPS) is 27.8. The molecule has 0 aliphatic heterocycles. The highest BCUT2D eigenvalue weighted by Crippen LogP contribution is 2.43. The van der Waals surface area contributed by atoms with Gasteiger partial charge in [0.25, 0.3) is 0 Å². The first kappa shape index (κ1) is 36.5. The van der Waals surface area contributed by atoms with Gasteiger partial charge in [0.1, 0.15) is 0 Å². The maximum absolute atomic E-state index is 12.2. The van der Waals surface area contributed by atoms with Gasteiger partial charge >= 0.3 is 0 Å². The van der Waals surface area contributed by atoms with Gasteiger partial charge < -0.3 is 0 Å². The largest absolute Gasteiger partial charge is 0.291 e. The lowest BCUT2D eigenvalue weighted by Gasteiger charge is -2.39. The van der Waals surface area contributed by atoms with Crippen molar-refractivity contribution >= 4 is 23.1 Å². The second-order valence-corrected chi connectivity index (χ2v) is 14.0. The lowest BCUT2D eigenvalue weighted by Crippen LogP contribution is -2.43. The van der Waals surface area contributed by atoms with Crippen molar-refractivity contribution in [2.45, 2.75) is 82.1 Å². The van der Waals surface area contributed by atoms with Crippen LogP contribution in [0.4, 0.5) is 0 Å². The first-order valence-electron chi connectivity index (χ1n) is 15.7. The van der Waals surface area contributed by atoms with Gasteiger partial charge in [0.15, 0.2) is 11.6 Å². The maximum Gasteiger partial charge on any atom is 0.201 e. The average molecular weight is 597 g/mol. The molecule has 44 heavy (non-hydrogen) atoms. The first-order chi connectivity index (χ1) is 20.5. The summed E-state index contributed by atoms with van der Waals surface area (Å²) in [6.45, 7) is 20.1. The average Bonchev–Trinajstić information content (AvgIpc) is 2.92. The Hall–Kier alpha value is -3.66. The Morgan fingerprint density at radius 1 is 0.523 bits per heavy atom. The molecule has 0 aromatic heterocycles. The molecule has 2 saturated carbocycles. The molecule has 0 saturated heterocycles. The summed E-state index contributed by atoms with van der Waals surface area (Å²) in [5.41, 5.74) is 3.96. The van der Waals surface area contributed by atoms with E-state index in [2.05, 4.69) is 78.0 Å². The van der Waals surface area contributed by atoms with E-state index in [0.717, 1.165) is 22.3 Å². The molecule has 0 radical (unpaired) electrons. The number of carbonyl (C=O) groups is 4. The molecule has 4 heteroatoms. The summed E-state index contributed by atoms with van der Waals surface area (Å²) in [6.07, 6.45) is 29.2. The van der Waals surface area contributed by atoms with Crippen molar-refractivity contribution in [2.24, 2.45) is 34.5 Å². The molecule has 0 amide bonds. The fraction of sp³-hybridized carbons (Fsp3) is 0.450. The van der Waals surface area contributed by atoms with Gasteiger partial charge in [0.05, 0.1) is 0 Å². The van der Waals surface area contributed by atoms with Crippen LogP contribution in [-0.2, 0) is 19.2 Å². The van der Waals surface area contributed by atoms with Crippen molar-refractivity contribution < 1.29 is 19.2 Å². The van der Waals surface area contributed by atoms with Crippen molar-refractivity contribution in [3.8, 4) is 0 Å².